The minimum Gasteiger partial charge on any atom is -0.494 e. The third-order valence-electron chi connectivity index (χ3n) is 4.56. The Bertz CT molecular complexity index is 606. The van der Waals surface area contributed by atoms with Crippen molar-refractivity contribution in [2.75, 3.05) is 60.1 Å². The van der Waals surface area contributed by atoms with Crippen LogP contribution in [-0.4, -0.2) is 75.9 Å². The van der Waals surface area contributed by atoms with Gasteiger partial charge in [0.25, 0.3) is 0 Å². The second kappa shape index (κ2) is 11.1. The standard InChI is InChI=1S/C20H33FN4O2/c1-5-22-20(23-13-16(2)14-25-8-10-27-11-9-25)24(3)15-17-6-7-19(26-4)18(21)12-17/h6-7,12,16H,5,8-11,13-15H2,1-4H3,(H,22,23). The van der Waals surface area contributed by atoms with E-state index in [4.69, 9.17) is 14.5 Å². The molecule has 6 nitrogen and oxygen atoms in total. The molecular weight excluding hydrogens is 347 g/mol. The number of methoxy groups -OCH3 is 1. The van der Waals surface area contributed by atoms with Gasteiger partial charge in [-0.3, -0.25) is 9.89 Å². The van der Waals surface area contributed by atoms with Crippen molar-refractivity contribution in [2.24, 2.45) is 10.9 Å². The lowest BCUT2D eigenvalue weighted by atomic mass is 10.1. The van der Waals surface area contributed by atoms with Crippen molar-refractivity contribution in [3.05, 3.63) is 29.6 Å². The van der Waals surface area contributed by atoms with Gasteiger partial charge in [-0.1, -0.05) is 13.0 Å². The van der Waals surface area contributed by atoms with Crippen LogP contribution in [0.1, 0.15) is 19.4 Å². The predicted octanol–water partition coefficient (Wildman–Crippen LogP) is 2.20. The van der Waals surface area contributed by atoms with Crippen molar-refractivity contribution in [1.29, 1.82) is 0 Å². The molecule has 2 rings (SSSR count). The zero-order valence-electron chi connectivity index (χ0n) is 17.0. The monoisotopic (exact) mass is 380 g/mol. The van der Waals surface area contributed by atoms with E-state index in [1.54, 1.807) is 6.07 Å². The average molecular weight is 381 g/mol. The highest BCUT2D eigenvalue weighted by atomic mass is 19.1. The summed E-state index contributed by atoms with van der Waals surface area (Å²) < 4.78 is 24.3. The van der Waals surface area contributed by atoms with Crippen molar-refractivity contribution >= 4 is 5.96 Å². The molecular formula is C20H33FN4O2. The number of ether oxygens (including phenoxy) is 2. The highest BCUT2D eigenvalue weighted by molar-refractivity contribution is 5.79. The maximum absolute atomic E-state index is 13.9. The topological polar surface area (TPSA) is 49.3 Å². The van der Waals surface area contributed by atoms with Crippen molar-refractivity contribution in [2.45, 2.75) is 20.4 Å². The molecule has 0 radical (unpaired) electrons. The highest BCUT2D eigenvalue weighted by Gasteiger charge is 2.14. The van der Waals surface area contributed by atoms with E-state index >= 15 is 0 Å². The van der Waals surface area contributed by atoms with E-state index in [1.165, 1.54) is 13.2 Å². The lowest BCUT2D eigenvalue weighted by molar-refractivity contribution is 0.0323. The zero-order valence-corrected chi connectivity index (χ0v) is 17.0. The van der Waals surface area contributed by atoms with Crippen LogP contribution in [0, 0.1) is 11.7 Å². The molecule has 1 aromatic rings. The molecule has 1 saturated heterocycles. The summed E-state index contributed by atoms with van der Waals surface area (Å²) >= 11 is 0. The zero-order chi connectivity index (χ0) is 19.6. The normalized spacial score (nSPS) is 16.9. The molecule has 7 heteroatoms. The molecule has 0 spiro atoms. The van der Waals surface area contributed by atoms with Gasteiger partial charge in [-0.2, -0.15) is 0 Å². The van der Waals surface area contributed by atoms with Crippen molar-refractivity contribution in [3.8, 4) is 5.75 Å². The number of morpholine rings is 1. The second-order valence-electron chi connectivity index (χ2n) is 7.04. The number of nitrogens with zero attached hydrogens (tertiary/aromatic N) is 3. The maximum Gasteiger partial charge on any atom is 0.193 e. The van der Waals surface area contributed by atoms with E-state index in [0.29, 0.717) is 12.5 Å². The Labute approximate surface area is 162 Å². The van der Waals surface area contributed by atoms with E-state index in [-0.39, 0.29) is 11.6 Å². The van der Waals surface area contributed by atoms with Crippen LogP contribution in [0.5, 0.6) is 5.75 Å². The molecule has 1 atom stereocenters. The molecule has 0 bridgehead atoms. The molecule has 1 aliphatic rings. The number of guanidine groups is 1. The molecule has 1 aromatic carbocycles. The van der Waals surface area contributed by atoms with Crippen LogP contribution >= 0.6 is 0 Å². The molecule has 0 amide bonds. The lowest BCUT2D eigenvalue weighted by Gasteiger charge is -2.29. The highest BCUT2D eigenvalue weighted by Crippen LogP contribution is 2.18. The first-order valence-electron chi connectivity index (χ1n) is 9.65. The van der Waals surface area contributed by atoms with Crippen LogP contribution in [0.3, 0.4) is 0 Å². The average Bonchev–Trinajstić information content (AvgIpc) is 2.66. The number of rotatable bonds is 8. The first-order chi connectivity index (χ1) is 13.0. The second-order valence-corrected chi connectivity index (χ2v) is 7.04. The predicted molar refractivity (Wildman–Crippen MR) is 107 cm³/mol. The summed E-state index contributed by atoms with van der Waals surface area (Å²) in [7, 11) is 3.44. The summed E-state index contributed by atoms with van der Waals surface area (Å²) in [6.07, 6.45) is 0. The van der Waals surface area contributed by atoms with Crippen LogP contribution in [0.25, 0.3) is 0 Å². The minimum absolute atomic E-state index is 0.263. The van der Waals surface area contributed by atoms with E-state index in [2.05, 4.69) is 17.1 Å². The molecule has 0 aliphatic carbocycles. The Kier molecular flexibility index (Phi) is 8.81. The van der Waals surface area contributed by atoms with Crippen molar-refractivity contribution in [1.82, 2.24) is 15.1 Å². The van der Waals surface area contributed by atoms with Gasteiger partial charge in [-0.05, 0) is 30.5 Å². The van der Waals surface area contributed by atoms with E-state index in [0.717, 1.165) is 57.5 Å². The lowest BCUT2D eigenvalue weighted by Crippen LogP contribution is -2.40. The first kappa shape index (κ1) is 21.4. The number of nitrogens with one attached hydrogen (secondary N) is 1. The number of halogens is 1. The minimum atomic E-state index is -0.343. The van der Waals surface area contributed by atoms with Gasteiger partial charge in [0.15, 0.2) is 17.5 Å². The summed E-state index contributed by atoms with van der Waals surface area (Å²) in [5.74, 6) is 1.22. The van der Waals surface area contributed by atoms with Crippen LogP contribution in [0.15, 0.2) is 23.2 Å². The summed E-state index contributed by atoms with van der Waals surface area (Å²) in [6.45, 7) is 11.0. The Hall–Kier alpha value is -1.86. The number of hydrogen-bond acceptors (Lipinski definition) is 4. The van der Waals surface area contributed by atoms with Gasteiger partial charge in [-0.25, -0.2) is 4.39 Å². The molecule has 0 saturated carbocycles. The van der Waals surface area contributed by atoms with Crippen molar-refractivity contribution in [3.63, 3.8) is 0 Å². The fourth-order valence-electron chi connectivity index (χ4n) is 3.15. The molecule has 27 heavy (non-hydrogen) atoms. The molecule has 1 fully saturated rings. The number of hydrogen-bond donors (Lipinski definition) is 1. The summed E-state index contributed by atoms with van der Waals surface area (Å²) in [6, 6.07) is 5.05. The van der Waals surface area contributed by atoms with Gasteiger partial charge in [-0.15, -0.1) is 0 Å². The summed E-state index contributed by atoms with van der Waals surface area (Å²) in [5.41, 5.74) is 0.878. The quantitative estimate of drug-likeness (QED) is 0.554. The summed E-state index contributed by atoms with van der Waals surface area (Å²) in [4.78, 5) is 9.24. The molecule has 1 unspecified atom stereocenters. The van der Waals surface area contributed by atoms with E-state index in [9.17, 15) is 4.39 Å². The van der Waals surface area contributed by atoms with Gasteiger partial charge in [0.2, 0.25) is 0 Å². The third kappa shape index (κ3) is 6.99. The fourth-order valence-corrected chi connectivity index (χ4v) is 3.15. The van der Waals surface area contributed by atoms with E-state index in [1.807, 2.05) is 24.9 Å². The van der Waals surface area contributed by atoms with Crippen LogP contribution in [0.4, 0.5) is 4.39 Å². The largest absolute Gasteiger partial charge is 0.494 e. The Morgan fingerprint density at radius 1 is 1.41 bits per heavy atom. The molecule has 152 valence electrons. The van der Waals surface area contributed by atoms with Gasteiger partial charge >= 0.3 is 0 Å². The SMILES string of the molecule is CCNC(=NCC(C)CN1CCOCC1)N(C)Cc1ccc(OC)c(F)c1. The Balaban J connectivity index is 1.93. The Morgan fingerprint density at radius 2 is 2.15 bits per heavy atom. The maximum atomic E-state index is 13.9. The molecule has 1 aliphatic heterocycles. The number of aliphatic imine (C=N–C) groups is 1. The van der Waals surface area contributed by atoms with Crippen LogP contribution in [-0.2, 0) is 11.3 Å². The summed E-state index contributed by atoms with van der Waals surface area (Å²) in [5, 5.41) is 3.32. The van der Waals surface area contributed by atoms with E-state index < -0.39 is 0 Å². The van der Waals surface area contributed by atoms with Crippen LogP contribution in [0.2, 0.25) is 0 Å². The molecule has 0 aromatic heterocycles. The smallest absolute Gasteiger partial charge is 0.193 e. The first-order valence-corrected chi connectivity index (χ1v) is 9.65. The van der Waals surface area contributed by atoms with Gasteiger partial charge < -0.3 is 19.7 Å². The number of benzene rings is 1. The van der Waals surface area contributed by atoms with Crippen molar-refractivity contribution < 1.29 is 13.9 Å². The van der Waals surface area contributed by atoms with Gasteiger partial charge in [0.1, 0.15) is 0 Å². The third-order valence-corrected chi connectivity index (χ3v) is 4.56. The van der Waals surface area contributed by atoms with Gasteiger partial charge in [0, 0.05) is 46.3 Å². The molecule has 1 heterocycles. The molecule has 1 N–H and O–H groups in total. The fraction of sp³-hybridized carbons (Fsp3) is 0.650. The van der Waals surface area contributed by atoms with Gasteiger partial charge in [0.05, 0.1) is 20.3 Å². The van der Waals surface area contributed by atoms with Crippen LogP contribution < -0.4 is 10.1 Å². The Morgan fingerprint density at radius 3 is 2.78 bits per heavy atom.